The van der Waals surface area contributed by atoms with Crippen molar-refractivity contribution >= 4 is 21.4 Å². The Kier molecular flexibility index (Phi) is 4.00. The first kappa shape index (κ1) is 13.2. The molecule has 3 aromatic rings. The smallest absolute Gasteiger partial charge is 0.120 e. The monoisotopic (exact) mass is 283 g/mol. The van der Waals surface area contributed by atoms with Gasteiger partial charge in [-0.15, -0.1) is 11.3 Å². The van der Waals surface area contributed by atoms with Crippen LogP contribution in [0.5, 0.6) is 5.75 Å². The third-order valence-corrected chi connectivity index (χ3v) is 4.30. The minimum absolute atomic E-state index is 0.607. The number of fused-ring (bicyclic) bond motifs is 1. The van der Waals surface area contributed by atoms with E-state index in [1.54, 1.807) is 11.3 Å². The lowest BCUT2D eigenvalue weighted by Crippen LogP contribution is -2.03. The van der Waals surface area contributed by atoms with Crippen LogP contribution in [0.3, 0.4) is 0 Å². The molecule has 0 aliphatic rings. The van der Waals surface area contributed by atoms with Crippen molar-refractivity contribution in [2.75, 3.05) is 6.54 Å². The van der Waals surface area contributed by atoms with Gasteiger partial charge in [0.25, 0.3) is 0 Å². The van der Waals surface area contributed by atoms with Crippen LogP contribution in [-0.4, -0.2) is 6.54 Å². The minimum atomic E-state index is 0.607. The van der Waals surface area contributed by atoms with Crippen molar-refractivity contribution in [3.05, 3.63) is 65.0 Å². The van der Waals surface area contributed by atoms with E-state index >= 15 is 0 Å². The standard InChI is InChI=1S/C17H17NOS/c18-9-8-13-4-3-5-15(10-13)19-11-14-12-20-17-7-2-1-6-16(14)17/h1-7,10,12H,8-9,11,18H2. The Balaban J connectivity index is 1.74. The van der Waals surface area contributed by atoms with Gasteiger partial charge in [0.2, 0.25) is 0 Å². The van der Waals surface area contributed by atoms with Gasteiger partial charge < -0.3 is 10.5 Å². The Morgan fingerprint density at radius 2 is 1.95 bits per heavy atom. The fourth-order valence-corrected chi connectivity index (χ4v) is 3.21. The molecule has 0 saturated heterocycles. The van der Waals surface area contributed by atoms with Crippen LogP contribution in [0.4, 0.5) is 0 Å². The molecule has 2 nitrogen and oxygen atoms in total. The highest BCUT2D eigenvalue weighted by molar-refractivity contribution is 7.17. The Morgan fingerprint density at radius 3 is 2.85 bits per heavy atom. The zero-order valence-electron chi connectivity index (χ0n) is 11.2. The molecule has 0 atom stereocenters. The van der Waals surface area contributed by atoms with Gasteiger partial charge in [0.05, 0.1) is 0 Å². The van der Waals surface area contributed by atoms with Crippen LogP contribution >= 0.6 is 11.3 Å². The fourth-order valence-electron chi connectivity index (χ4n) is 2.26. The molecule has 102 valence electrons. The van der Waals surface area contributed by atoms with Crippen LogP contribution in [0.15, 0.2) is 53.9 Å². The molecule has 20 heavy (non-hydrogen) atoms. The van der Waals surface area contributed by atoms with Crippen LogP contribution in [-0.2, 0) is 13.0 Å². The highest BCUT2D eigenvalue weighted by Crippen LogP contribution is 2.26. The Hall–Kier alpha value is -1.84. The molecule has 0 unspecified atom stereocenters. The zero-order chi connectivity index (χ0) is 13.8. The fraction of sp³-hybridized carbons (Fsp3) is 0.176. The van der Waals surface area contributed by atoms with E-state index in [0.717, 1.165) is 12.2 Å². The summed E-state index contributed by atoms with van der Waals surface area (Å²) in [6, 6.07) is 16.6. The maximum absolute atomic E-state index is 5.91. The van der Waals surface area contributed by atoms with Crippen LogP contribution in [0.2, 0.25) is 0 Å². The number of thiophene rings is 1. The minimum Gasteiger partial charge on any atom is -0.489 e. The Labute approximate surface area is 122 Å². The third-order valence-electron chi connectivity index (χ3n) is 3.29. The van der Waals surface area contributed by atoms with E-state index in [9.17, 15) is 0 Å². The van der Waals surface area contributed by atoms with Crippen molar-refractivity contribution in [3.63, 3.8) is 0 Å². The second kappa shape index (κ2) is 6.07. The van der Waals surface area contributed by atoms with Gasteiger partial charge in [-0.25, -0.2) is 0 Å². The molecule has 0 aliphatic heterocycles. The molecule has 3 rings (SSSR count). The third kappa shape index (κ3) is 2.84. The van der Waals surface area contributed by atoms with Gasteiger partial charge >= 0.3 is 0 Å². The molecular weight excluding hydrogens is 266 g/mol. The molecule has 1 aromatic heterocycles. The van der Waals surface area contributed by atoms with E-state index in [1.165, 1.54) is 21.2 Å². The lowest BCUT2D eigenvalue weighted by molar-refractivity contribution is 0.308. The molecule has 0 spiro atoms. The Bertz CT molecular complexity index is 705. The van der Waals surface area contributed by atoms with Crippen LogP contribution < -0.4 is 10.5 Å². The van der Waals surface area contributed by atoms with Gasteiger partial charge in [-0.3, -0.25) is 0 Å². The van der Waals surface area contributed by atoms with Gasteiger partial charge in [-0.1, -0.05) is 30.3 Å². The van der Waals surface area contributed by atoms with Crippen molar-refractivity contribution in [1.82, 2.24) is 0 Å². The summed E-state index contributed by atoms with van der Waals surface area (Å²) in [5, 5.41) is 3.46. The highest BCUT2D eigenvalue weighted by atomic mass is 32.1. The maximum atomic E-state index is 5.91. The predicted octanol–water partition coefficient (Wildman–Crippen LogP) is 3.98. The zero-order valence-corrected chi connectivity index (χ0v) is 12.0. The SMILES string of the molecule is NCCc1cccc(OCc2csc3ccccc23)c1. The molecule has 0 aliphatic carbocycles. The van der Waals surface area contributed by atoms with E-state index in [1.807, 2.05) is 12.1 Å². The largest absolute Gasteiger partial charge is 0.489 e. The molecule has 3 heteroatoms. The average molecular weight is 283 g/mol. The van der Waals surface area contributed by atoms with Crippen molar-refractivity contribution in [1.29, 1.82) is 0 Å². The Morgan fingerprint density at radius 1 is 1.05 bits per heavy atom. The summed E-state index contributed by atoms with van der Waals surface area (Å²) >= 11 is 1.76. The molecule has 1 heterocycles. The quantitative estimate of drug-likeness (QED) is 0.768. The van der Waals surface area contributed by atoms with E-state index in [-0.39, 0.29) is 0 Å². The van der Waals surface area contributed by atoms with Gasteiger partial charge in [0, 0.05) is 10.3 Å². The van der Waals surface area contributed by atoms with Gasteiger partial charge in [0.15, 0.2) is 0 Å². The summed E-state index contributed by atoms with van der Waals surface area (Å²) in [6.07, 6.45) is 0.887. The second-order valence-electron chi connectivity index (χ2n) is 4.73. The summed E-state index contributed by atoms with van der Waals surface area (Å²) in [6.45, 7) is 1.27. The lowest BCUT2D eigenvalue weighted by atomic mass is 10.1. The lowest BCUT2D eigenvalue weighted by Gasteiger charge is -2.07. The average Bonchev–Trinajstić information content (AvgIpc) is 2.89. The number of hydrogen-bond acceptors (Lipinski definition) is 3. The number of benzene rings is 2. The maximum Gasteiger partial charge on any atom is 0.120 e. The normalized spacial score (nSPS) is 10.8. The number of ether oxygens (including phenoxy) is 1. The van der Waals surface area contributed by atoms with Crippen molar-refractivity contribution in [2.45, 2.75) is 13.0 Å². The molecule has 0 fully saturated rings. The van der Waals surface area contributed by atoms with Crippen LogP contribution in [0.25, 0.3) is 10.1 Å². The molecule has 0 saturated carbocycles. The number of rotatable bonds is 5. The van der Waals surface area contributed by atoms with Gasteiger partial charge in [-0.05, 0) is 47.5 Å². The number of nitrogens with two attached hydrogens (primary N) is 1. The summed E-state index contributed by atoms with van der Waals surface area (Å²) in [5.74, 6) is 0.909. The summed E-state index contributed by atoms with van der Waals surface area (Å²) in [5.41, 5.74) is 8.05. The second-order valence-corrected chi connectivity index (χ2v) is 5.64. The summed E-state index contributed by atoms with van der Waals surface area (Å²) in [7, 11) is 0. The number of hydrogen-bond donors (Lipinski definition) is 1. The van der Waals surface area contributed by atoms with Gasteiger partial charge in [0.1, 0.15) is 12.4 Å². The van der Waals surface area contributed by atoms with E-state index in [0.29, 0.717) is 13.2 Å². The summed E-state index contributed by atoms with van der Waals surface area (Å²) in [4.78, 5) is 0. The van der Waals surface area contributed by atoms with Crippen molar-refractivity contribution in [3.8, 4) is 5.75 Å². The molecule has 2 aromatic carbocycles. The first-order valence-corrected chi connectivity index (χ1v) is 7.62. The molecular formula is C17H17NOS. The van der Waals surface area contributed by atoms with Crippen LogP contribution in [0, 0.1) is 0 Å². The molecule has 0 bridgehead atoms. The highest BCUT2D eigenvalue weighted by Gasteiger charge is 2.04. The molecule has 2 N–H and O–H groups in total. The van der Waals surface area contributed by atoms with E-state index < -0.39 is 0 Å². The summed E-state index contributed by atoms with van der Waals surface area (Å²) < 4.78 is 7.22. The van der Waals surface area contributed by atoms with Crippen molar-refractivity contribution in [2.24, 2.45) is 5.73 Å². The molecule has 0 radical (unpaired) electrons. The molecule has 0 amide bonds. The predicted molar refractivity (Wildman–Crippen MR) is 85.4 cm³/mol. The van der Waals surface area contributed by atoms with E-state index in [4.69, 9.17) is 10.5 Å². The topological polar surface area (TPSA) is 35.2 Å². The first-order chi connectivity index (χ1) is 9.86. The van der Waals surface area contributed by atoms with E-state index in [2.05, 4.69) is 41.8 Å². The van der Waals surface area contributed by atoms with Gasteiger partial charge in [-0.2, -0.15) is 0 Å². The first-order valence-electron chi connectivity index (χ1n) is 6.74. The van der Waals surface area contributed by atoms with Crippen LogP contribution in [0.1, 0.15) is 11.1 Å². The van der Waals surface area contributed by atoms with Crippen molar-refractivity contribution < 1.29 is 4.74 Å².